The monoisotopic (exact) mass is 343 g/mol. The van der Waals surface area contributed by atoms with E-state index in [1.807, 2.05) is 24.3 Å². The van der Waals surface area contributed by atoms with Crippen molar-refractivity contribution in [2.45, 2.75) is 33.1 Å². The van der Waals surface area contributed by atoms with Crippen molar-refractivity contribution in [3.05, 3.63) is 71.4 Å². The number of Topliss-reactive ketones (excluding diaryl/α,β-unsaturated/α-hetero) is 1. The van der Waals surface area contributed by atoms with Crippen molar-refractivity contribution < 1.29 is 4.79 Å². The summed E-state index contributed by atoms with van der Waals surface area (Å²) in [4.78, 5) is 11.8. The van der Waals surface area contributed by atoms with Gasteiger partial charge < -0.3 is 0 Å². The smallest absolute Gasteiger partial charge is 0.180 e. The number of aromatic nitrogens is 2. The molecule has 0 aliphatic rings. The molecule has 0 N–H and O–H groups in total. The minimum atomic E-state index is -0.0787. The number of carbonyl (C=O) groups excluding carboxylic acids is 1. The maximum Gasteiger partial charge on any atom is 0.180 e. The molecule has 130 valence electrons. The van der Waals surface area contributed by atoms with Gasteiger partial charge in [0.2, 0.25) is 0 Å². The van der Waals surface area contributed by atoms with Crippen LogP contribution in [0.15, 0.2) is 54.6 Å². The lowest BCUT2D eigenvalue weighted by Gasteiger charge is -2.19. The van der Waals surface area contributed by atoms with Gasteiger partial charge in [0.1, 0.15) is 5.69 Å². The second kappa shape index (κ2) is 6.61. The van der Waals surface area contributed by atoms with Gasteiger partial charge in [0.05, 0.1) is 23.0 Å². The summed E-state index contributed by atoms with van der Waals surface area (Å²) in [6, 6.07) is 19.4. The second-order valence-electron chi connectivity index (χ2n) is 7.37. The van der Waals surface area contributed by atoms with Crippen molar-refractivity contribution in [2.75, 3.05) is 0 Å². The summed E-state index contributed by atoms with van der Waals surface area (Å²) in [5, 5.41) is 13.5. The lowest BCUT2D eigenvalue weighted by Crippen LogP contribution is -2.11. The Balaban J connectivity index is 2.11. The number of benzene rings is 2. The molecule has 0 spiro atoms. The standard InChI is InChI=1S/C22H21N3O/c1-15(26)20-13-21(17-7-5-16(14-23)6-8-17)25(24-20)19-11-9-18(10-12-19)22(2,3)4/h5-13H,1-4H3. The summed E-state index contributed by atoms with van der Waals surface area (Å²) in [6.07, 6.45) is 0. The van der Waals surface area contributed by atoms with E-state index in [9.17, 15) is 4.79 Å². The third-order valence-electron chi connectivity index (χ3n) is 4.36. The summed E-state index contributed by atoms with van der Waals surface area (Å²) in [7, 11) is 0. The molecule has 3 aromatic rings. The Kier molecular flexibility index (Phi) is 4.48. The van der Waals surface area contributed by atoms with E-state index < -0.39 is 0 Å². The van der Waals surface area contributed by atoms with Gasteiger partial charge in [-0.05, 0) is 41.3 Å². The van der Waals surface area contributed by atoms with E-state index in [1.54, 1.807) is 22.9 Å². The molecule has 0 unspecified atom stereocenters. The number of nitrogens with zero attached hydrogens (tertiary/aromatic N) is 3. The molecule has 1 aromatic heterocycles. The summed E-state index contributed by atoms with van der Waals surface area (Å²) in [5.41, 5.74) is 4.95. The molecule has 0 saturated heterocycles. The van der Waals surface area contributed by atoms with Gasteiger partial charge in [-0.1, -0.05) is 45.0 Å². The highest BCUT2D eigenvalue weighted by atomic mass is 16.1. The van der Waals surface area contributed by atoms with Gasteiger partial charge in [-0.3, -0.25) is 4.79 Å². The fourth-order valence-corrected chi connectivity index (χ4v) is 2.77. The van der Waals surface area contributed by atoms with Gasteiger partial charge in [-0.15, -0.1) is 0 Å². The van der Waals surface area contributed by atoms with Gasteiger partial charge in [-0.25, -0.2) is 4.68 Å². The number of nitriles is 1. The van der Waals surface area contributed by atoms with Gasteiger partial charge in [0.15, 0.2) is 5.78 Å². The first-order chi connectivity index (χ1) is 12.3. The highest BCUT2D eigenvalue weighted by molar-refractivity contribution is 5.93. The number of hydrogen-bond acceptors (Lipinski definition) is 3. The van der Waals surface area contributed by atoms with Crippen LogP contribution in [-0.4, -0.2) is 15.6 Å². The highest BCUT2D eigenvalue weighted by Crippen LogP contribution is 2.27. The van der Waals surface area contributed by atoms with Gasteiger partial charge in [-0.2, -0.15) is 10.4 Å². The molecule has 0 amide bonds. The summed E-state index contributed by atoms with van der Waals surface area (Å²) in [6.45, 7) is 8.03. The van der Waals surface area contributed by atoms with Gasteiger partial charge in [0.25, 0.3) is 0 Å². The summed E-state index contributed by atoms with van der Waals surface area (Å²) >= 11 is 0. The maximum absolute atomic E-state index is 11.8. The molecule has 0 fully saturated rings. The quantitative estimate of drug-likeness (QED) is 0.635. The molecule has 0 aliphatic heterocycles. The van der Waals surface area contributed by atoms with Crippen molar-refractivity contribution in [1.82, 2.24) is 9.78 Å². The van der Waals surface area contributed by atoms with Gasteiger partial charge >= 0.3 is 0 Å². The molecule has 1 heterocycles. The molecule has 2 aromatic carbocycles. The normalized spacial score (nSPS) is 11.2. The third-order valence-corrected chi connectivity index (χ3v) is 4.36. The predicted octanol–water partition coefficient (Wildman–Crippen LogP) is 4.91. The Labute approximate surface area is 153 Å². The maximum atomic E-state index is 11.8. The lowest BCUT2D eigenvalue weighted by atomic mass is 9.87. The molecule has 3 rings (SSSR count). The summed E-state index contributed by atoms with van der Waals surface area (Å²) < 4.78 is 1.78. The average Bonchev–Trinajstić information content (AvgIpc) is 3.07. The van der Waals surface area contributed by atoms with Crippen molar-refractivity contribution >= 4 is 5.78 Å². The lowest BCUT2D eigenvalue weighted by molar-refractivity contribution is 0.101. The molecular weight excluding hydrogens is 322 g/mol. The van der Waals surface area contributed by atoms with Crippen LogP contribution in [0.1, 0.15) is 49.3 Å². The number of ketones is 1. The molecule has 0 atom stereocenters. The SMILES string of the molecule is CC(=O)c1cc(-c2ccc(C#N)cc2)n(-c2ccc(C(C)(C)C)cc2)n1. The Morgan fingerprint density at radius 1 is 1.04 bits per heavy atom. The van der Waals surface area contributed by atoms with E-state index in [0.717, 1.165) is 16.9 Å². The van der Waals surface area contributed by atoms with Crippen LogP contribution in [0.25, 0.3) is 16.9 Å². The van der Waals surface area contributed by atoms with Crippen molar-refractivity contribution in [2.24, 2.45) is 0 Å². The van der Waals surface area contributed by atoms with Crippen LogP contribution in [-0.2, 0) is 5.41 Å². The van der Waals surface area contributed by atoms with Crippen LogP contribution < -0.4 is 0 Å². The first kappa shape index (κ1) is 17.6. The Bertz CT molecular complexity index is 982. The number of carbonyl (C=O) groups is 1. The Hall–Kier alpha value is -3.19. The fraction of sp³-hybridized carbons (Fsp3) is 0.227. The molecular formula is C22H21N3O. The number of hydrogen-bond donors (Lipinski definition) is 0. The topological polar surface area (TPSA) is 58.7 Å². The molecule has 4 heteroatoms. The van der Waals surface area contributed by atoms with Crippen LogP contribution in [0, 0.1) is 11.3 Å². The van der Waals surface area contributed by atoms with E-state index in [0.29, 0.717) is 11.3 Å². The fourth-order valence-electron chi connectivity index (χ4n) is 2.77. The van der Waals surface area contributed by atoms with Crippen LogP contribution in [0.4, 0.5) is 0 Å². The van der Waals surface area contributed by atoms with E-state index in [2.05, 4.69) is 44.1 Å². The first-order valence-corrected chi connectivity index (χ1v) is 8.52. The van der Waals surface area contributed by atoms with E-state index in [-0.39, 0.29) is 11.2 Å². The first-order valence-electron chi connectivity index (χ1n) is 8.52. The molecule has 0 bridgehead atoms. The second-order valence-corrected chi connectivity index (χ2v) is 7.37. The van der Waals surface area contributed by atoms with Crippen LogP contribution in [0.2, 0.25) is 0 Å². The van der Waals surface area contributed by atoms with Crippen LogP contribution in [0.5, 0.6) is 0 Å². The third kappa shape index (κ3) is 3.43. The predicted molar refractivity (Wildman–Crippen MR) is 102 cm³/mol. The Morgan fingerprint density at radius 2 is 1.65 bits per heavy atom. The minimum Gasteiger partial charge on any atom is -0.293 e. The molecule has 0 aliphatic carbocycles. The van der Waals surface area contributed by atoms with Crippen molar-refractivity contribution in [3.63, 3.8) is 0 Å². The average molecular weight is 343 g/mol. The van der Waals surface area contributed by atoms with Gasteiger partial charge in [0, 0.05) is 12.5 Å². The minimum absolute atomic E-state index is 0.0726. The number of rotatable bonds is 3. The molecule has 0 saturated carbocycles. The molecule has 0 radical (unpaired) electrons. The zero-order valence-electron chi connectivity index (χ0n) is 15.4. The molecule has 4 nitrogen and oxygen atoms in total. The van der Waals surface area contributed by atoms with E-state index in [4.69, 9.17) is 5.26 Å². The zero-order chi connectivity index (χ0) is 18.9. The van der Waals surface area contributed by atoms with Crippen LogP contribution >= 0.6 is 0 Å². The summed E-state index contributed by atoms with van der Waals surface area (Å²) in [5.74, 6) is -0.0787. The van der Waals surface area contributed by atoms with E-state index >= 15 is 0 Å². The van der Waals surface area contributed by atoms with Crippen molar-refractivity contribution in [1.29, 1.82) is 5.26 Å². The van der Waals surface area contributed by atoms with Crippen LogP contribution in [0.3, 0.4) is 0 Å². The van der Waals surface area contributed by atoms with Crippen molar-refractivity contribution in [3.8, 4) is 23.0 Å². The van der Waals surface area contributed by atoms with E-state index in [1.165, 1.54) is 12.5 Å². The Morgan fingerprint density at radius 3 is 2.15 bits per heavy atom. The highest BCUT2D eigenvalue weighted by Gasteiger charge is 2.16. The zero-order valence-corrected chi connectivity index (χ0v) is 15.4. The largest absolute Gasteiger partial charge is 0.293 e. The molecule has 26 heavy (non-hydrogen) atoms.